The van der Waals surface area contributed by atoms with Gasteiger partial charge in [-0.15, -0.1) is 0 Å². The first-order valence-corrected chi connectivity index (χ1v) is 8.65. The fourth-order valence-electron chi connectivity index (χ4n) is 4.08. The summed E-state index contributed by atoms with van der Waals surface area (Å²) in [6, 6.07) is 11.2. The van der Waals surface area contributed by atoms with Gasteiger partial charge in [-0.3, -0.25) is 9.69 Å². The van der Waals surface area contributed by atoms with E-state index in [1.807, 2.05) is 0 Å². The van der Waals surface area contributed by atoms with Crippen molar-refractivity contribution in [1.29, 1.82) is 0 Å². The van der Waals surface area contributed by atoms with E-state index < -0.39 is 0 Å². The normalized spacial score (nSPS) is 28.3. The van der Waals surface area contributed by atoms with Crippen LogP contribution in [-0.4, -0.2) is 23.3 Å². The van der Waals surface area contributed by atoms with Crippen LogP contribution >= 0.6 is 0 Å². The summed E-state index contributed by atoms with van der Waals surface area (Å²) in [4.78, 5) is 15.0. The van der Waals surface area contributed by atoms with Gasteiger partial charge < -0.3 is 0 Å². The highest BCUT2D eigenvalue weighted by Crippen LogP contribution is 2.32. The average Bonchev–Trinajstić information content (AvgIpc) is 2.74. The van der Waals surface area contributed by atoms with Crippen molar-refractivity contribution in [3.8, 4) is 0 Å². The predicted octanol–water partition coefficient (Wildman–Crippen LogP) is 4.19. The van der Waals surface area contributed by atoms with E-state index in [4.69, 9.17) is 0 Å². The maximum atomic E-state index is 12.4. The van der Waals surface area contributed by atoms with Crippen molar-refractivity contribution in [2.24, 2.45) is 5.92 Å². The average molecular weight is 285 g/mol. The Bertz CT molecular complexity index is 456. The van der Waals surface area contributed by atoms with Gasteiger partial charge in [0, 0.05) is 24.9 Å². The molecule has 0 aromatic heterocycles. The number of nitrogens with zero attached hydrogens (tertiary/aromatic N) is 1. The second-order valence-electron chi connectivity index (χ2n) is 6.69. The third-order valence-corrected chi connectivity index (χ3v) is 5.21. The minimum absolute atomic E-state index is 0.306. The maximum absolute atomic E-state index is 12.4. The molecule has 2 aliphatic rings. The smallest absolute Gasteiger partial charge is 0.137 e. The van der Waals surface area contributed by atoms with Crippen molar-refractivity contribution in [3.05, 3.63) is 35.9 Å². The number of carbonyl (C=O) groups is 1. The molecule has 2 nitrogen and oxygen atoms in total. The molecule has 3 rings (SSSR count). The zero-order valence-electron chi connectivity index (χ0n) is 13.0. The maximum Gasteiger partial charge on any atom is 0.137 e. The van der Waals surface area contributed by atoms with E-state index in [0.717, 1.165) is 32.4 Å². The summed E-state index contributed by atoms with van der Waals surface area (Å²) in [5.74, 6) is 0.840. The first-order valence-electron chi connectivity index (χ1n) is 8.65. The Morgan fingerprint density at radius 1 is 0.952 bits per heavy atom. The Morgan fingerprint density at radius 2 is 1.76 bits per heavy atom. The van der Waals surface area contributed by atoms with E-state index in [1.165, 1.54) is 37.7 Å². The third-order valence-electron chi connectivity index (χ3n) is 5.21. The van der Waals surface area contributed by atoms with E-state index in [9.17, 15) is 4.79 Å². The zero-order valence-corrected chi connectivity index (χ0v) is 13.0. The lowest BCUT2D eigenvalue weighted by Crippen LogP contribution is -2.43. The molecule has 21 heavy (non-hydrogen) atoms. The molecule has 0 spiro atoms. The van der Waals surface area contributed by atoms with Crippen LogP contribution in [0.1, 0.15) is 56.9 Å². The number of hydrogen-bond donors (Lipinski definition) is 0. The fourth-order valence-corrected chi connectivity index (χ4v) is 4.08. The van der Waals surface area contributed by atoms with Gasteiger partial charge in [-0.1, -0.05) is 49.6 Å². The SMILES string of the molecule is O=C1CCCC[C@@H]1[C@@H]1CCCCCN1Cc1ccccc1. The van der Waals surface area contributed by atoms with Crippen molar-refractivity contribution < 1.29 is 4.79 Å². The van der Waals surface area contributed by atoms with Crippen LogP contribution in [0.25, 0.3) is 0 Å². The van der Waals surface area contributed by atoms with Gasteiger partial charge in [-0.25, -0.2) is 0 Å². The lowest BCUT2D eigenvalue weighted by molar-refractivity contribution is -0.127. The van der Waals surface area contributed by atoms with Crippen LogP contribution in [0.3, 0.4) is 0 Å². The molecule has 2 fully saturated rings. The Kier molecular flexibility index (Phi) is 5.08. The Hall–Kier alpha value is -1.15. The summed E-state index contributed by atoms with van der Waals surface area (Å²) in [6.45, 7) is 2.17. The number of hydrogen-bond acceptors (Lipinski definition) is 2. The third kappa shape index (κ3) is 3.74. The standard InChI is InChI=1S/C19H27NO/c21-19-13-7-6-11-17(19)18-12-5-2-8-14-20(18)15-16-9-3-1-4-10-16/h1,3-4,9-10,17-18H,2,5-8,11-15H2/t17-,18+/m1/s1. The van der Waals surface area contributed by atoms with Gasteiger partial charge in [0.15, 0.2) is 0 Å². The van der Waals surface area contributed by atoms with Crippen LogP contribution < -0.4 is 0 Å². The lowest BCUT2D eigenvalue weighted by Gasteiger charge is -2.37. The molecule has 0 radical (unpaired) electrons. The molecule has 1 saturated carbocycles. The molecule has 0 unspecified atom stereocenters. The molecule has 1 saturated heterocycles. The van der Waals surface area contributed by atoms with Crippen molar-refractivity contribution in [1.82, 2.24) is 4.90 Å². The number of rotatable bonds is 3. The Morgan fingerprint density at radius 3 is 2.57 bits per heavy atom. The zero-order chi connectivity index (χ0) is 14.5. The van der Waals surface area contributed by atoms with Gasteiger partial charge >= 0.3 is 0 Å². The molecule has 1 aliphatic heterocycles. The summed E-state index contributed by atoms with van der Waals surface area (Å²) < 4.78 is 0. The molecule has 1 aliphatic carbocycles. The van der Waals surface area contributed by atoms with Crippen LogP contribution in [-0.2, 0) is 11.3 Å². The van der Waals surface area contributed by atoms with Crippen molar-refractivity contribution in [3.63, 3.8) is 0 Å². The number of Topliss-reactive ketones (excluding diaryl/α,β-unsaturated/α-hetero) is 1. The molecule has 1 aromatic carbocycles. The number of ketones is 1. The second-order valence-corrected chi connectivity index (χ2v) is 6.69. The summed E-state index contributed by atoms with van der Waals surface area (Å²) in [5.41, 5.74) is 1.38. The van der Waals surface area contributed by atoms with Gasteiger partial charge in [-0.2, -0.15) is 0 Å². The van der Waals surface area contributed by atoms with Gasteiger partial charge in [0.2, 0.25) is 0 Å². The van der Waals surface area contributed by atoms with E-state index in [0.29, 0.717) is 17.7 Å². The minimum atomic E-state index is 0.306. The van der Waals surface area contributed by atoms with Crippen molar-refractivity contribution in [2.75, 3.05) is 6.54 Å². The largest absolute Gasteiger partial charge is 0.299 e. The van der Waals surface area contributed by atoms with Crippen molar-refractivity contribution >= 4 is 5.78 Å². The van der Waals surface area contributed by atoms with E-state index in [-0.39, 0.29) is 0 Å². The molecule has 0 N–H and O–H groups in total. The Balaban J connectivity index is 1.75. The monoisotopic (exact) mass is 285 g/mol. The summed E-state index contributed by atoms with van der Waals surface area (Å²) in [7, 11) is 0. The highest BCUT2D eigenvalue weighted by molar-refractivity contribution is 5.82. The first kappa shape index (κ1) is 14.8. The molecule has 2 atom stereocenters. The highest BCUT2D eigenvalue weighted by atomic mass is 16.1. The highest BCUT2D eigenvalue weighted by Gasteiger charge is 2.34. The van der Waals surface area contributed by atoms with Crippen LogP contribution in [0.15, 0.2) is 30.3 Å². The van der Waals surface area contributed by atoms with E-state index >= 15 is 0 Å². The van der Waals surface area contributed by atoms with Gasteiger partial charge in [0.1, 0.15) is 5.78 Å². The summed E-state index contributed by atoms with van der Waals surface area (Å²) in [5, 5.41) is 0. The summed E-state index contributed by atoms with van der Waals surface area (Å²) >= 11 is 0. The quantitative estimate of drug-likeness (QED) is 0.830. The van der Waals surface area contributed by atoms with Gasteiger partial charge in [-0.05, 0) is 37.8 Å². The molecule has 114 valence electrons. The topological polar surface area (TPSA) is 20.3 Å². The van der Waals surface area contributed by atoms with Crippen LogP contribution in [0.5, 0.6) is 0 Å². The van der Waals surface area contributed by atoms with Crippen LogP contribution in [0, 0.1) is 5.92 Å². The molecule has 1 aromatic rings. The molecule has 0 amide bonds. The molecule has 1 heterocycles. The number of likely N-dealkylation sites (tertiary alicyclic amines) is 1. The molecular formula is C19H27NO. The van der Waals surface area contributed by atoms with E-state index in [2.05, 4.69) is 35.2 Å². The fraction of sp³-hybridized carbons (Fsp3) is 0.632. The minimum Gasteiger partial charge on any atom is -0.299 e. The molecule has 2 heteroatoms. The van der Waals surface area contributed by atoms with Gasteiger partial charge in [0.25, 0.3) is 0 Å². The van der Waals surface area contributed by atoms with Crippen molar-refractivity contribution in [2.45, 2.75) is 64.0 Å². The molecule has 0 bridgehead atoms. The van der Waals surface area contributed by atoms with E-state index in [1.54, 1.807) is 0 Å². The predicted molar refractivity (Wildman–Crippen MR) is 86.1 cm³/mol. The number of benzene rings is 1. The first-order chi connectivity index (χ1) is 10.3. The second kappa shape index (κ2) is 7.22. The van der Waals surface area contributed by atoms with Gasteiger partial charge in [0.05, 0.1) is 0 Å². The van der Waals surface area contributed by atoms with Crippen LogP contribution in [0.4, 0.5) is 0 Å². The number of carbonyl (C=O) groups excluding carboxylic acids is 1. The Labute approximate surface area is 128 Å². The summed E-state index contributed by atoms with van der Waals surface area (Å²) in [6.07, 6.45) is 9.40. The lowest BCUT2D eigenvalue weighted by atomic mass is 9.80. The molecular weight excluding hydrogens is 258 g/mol. The van der Waals surface area contributed by atoms with Crippen LogP contribution in [0.2, 0.25) is 0 Å².